The van der Waals surface area contributed by atoms with Crippen LogP contribution in [-0.2, 0) is 9.84 Å². The fourth-order valence-electron chi connectivity index (χ4n) is 1.81. The molecule has 0 saturated heterocycles. The number of hydrogen-bond acceptors (Lipinski definition) is 2. The SMILES string of the molecule is C.Cc1cc(S(=O)(=O)C2CC(F)(F)C2)ccc1Br. The quantitative estimate of drug-likeness (QED) is 0.816. The standard InChI is InChI=1S/C11H11BrF2O2S.CH4/c1-7-4-8(2-3-10(7)12)17(15,16)9-5-11(13,14)6-9;/h2-4,9H,5-6H2,1H3;1H4. The molecule has 1 aromatic carbocycles. The van der Waals surface area contributed by atoms with Gasteiger partial charge in [0.25, 0.3) is 5.92 Å². The summed E-state index contributed by atoms with van der Waals surface area (Å²) in [6.45, 7) is 1.76. The lowest BCUT2D eigenvalue weighted by Crippen LogP contribution is -2.44. The maximum absolute atomic E-state index is 12.7. The second-order valence-corrected chi connectivity index (χ2v) is 7.42. The van der Waals surface area contributed by atoms with Crippen LogP contribution >= 0.6 is 15.9 Å². The number of halogens is 3. The molecular weight excluding hydrogens is 326 g/mol. The van der Waals surface area contributed by atoms with E-state index in [4.69, 9.17) is 0 Å². The van der Waals surface area contributed by atoms with Gasteiger partial charge in [0, 0.05) is 17.3 Å². The molecule has 0 atom stereocenters. The second-order valence-electron chi connectivity index (χ2n) is 4.34. The second kappa shape index (κ2) is 4.89. The molecule has 102 valence electrons. The molecule has 1 aliphatic carbocycles. The average Bonchev–Trinajstić information content (AvgIpc) is 2.18. The van der Waals surface area contributed by atoms with Crippen molar-refractivity contribution in [3.05, 3.63) is 28.2 Å². The van der Waals surface area contributed by atoms with Gasteiger partial charge in [-0.25, -0.2) is 17.2 Å². The summed E-state index contributed by atoms with van der Waals surface area (Å²) in [5.74, 6) is -2.82. The van der Waals surface area contributed by atoms with Crippen LogP contribution in [0.4, 0.5) is 8.78 Å². The first kappa shape index (κ1) is 15.6. The Balaban J connectivity index is 0.00000162. The summed E-state index contributed by atoms with van der Waals surface area (Å²) >= 11 is 3.27. The summed E-state index contributed by atoms with van der Waals surface area (Å²) in [6, 6.07) is 4.58. The van der Waals surface area contributed by atoms with Crippen LogP contribution in [0.1, 0.15) is 25.8 Å². The van der Waals surface area contributed by atoms with Crippen molar-refractivity contribution in [2.24, 2.45) is 0 Å². The average molecular weight is 341 g/mol. The van der Waals surface area contributed by atoms with E-state index in [-0.39, 0.29) is 12.3 Å². The number of sulfone groups is 1. The smallest absolute Gasteiger partial charge is 0.223 e. The Labute approximate surface area is 114 Å². The molecule has 6 heteroatoms. The highest BCUT2D eigenvalue weighted by Gasteiger charge is 2.51. The van der Waals surface area contributed by atoms with Crippen LogP contribution in [0, 0.1) is 6.92 Å². The molecule has 1 aromatic rings. The normalized spacial score (nSPS) is 18.9. The van der Waals surface area contributed by atoms with Gasteiger partial charge in [-0.2, -0.15) is 0 Å². The van der Waals surface area contributed by atoms with Crippen molar-refractivity contribution in [2.45, 2.75) is 43.3 Å². The number of hydrogen-bond donors (Lipinski definition) is 0. The van der Waals surface area contributed by atoms with Crippen LogP contribution in [0.2, 0.25) is 0 Å². The zero-order valence-corrected chi connectivity index (χ0v) is 11.5. The lowest BCUT2D eigenvalue weighted by molar-refractivity contribution is -0.0685. The van der Waals surface area contributed by atoms with Crippen molar-refractivity contribution >= 4 is 25.8 Å². The van der Waals surface area contributed by atoms with Crippen LogP contribution in [0.5, 0.6) is 0 Å². The van der Waals surface area contributed by atoms with Crippen LogP contribution < -0.4 is 0 Å². The third-order valence-electron chi connectivity index (χ3n) is 2.95. The highest BCUT2D eigenvalue weighted by atomic mass is 79.9. The van der Waals surface area contributed by atoms with Gasteiger partial charge in [-0.1, -0.05) is 23.4 Å². The summed E-state index contributed by atoms with van der Waals surface area (Å²) in [5, 5.41) is -0.946. The lowest BCUT2D eigenvalue weighted by atomic mass is 9.94. The van der Waals surface area contributed by atoms with Gasteiger partial charge in [-0.05, 0) is 30.7 Å². The van der Waals surface area contributed by atoms with Gasteiger partial charge in [0.1, 0.15) is 0 Å². The number of rotatable bonds is 2. The number of benzene rings is 1. The van der Waals surface area contributed by atoms with E-state index >= 15 is 0 Å². The molecule has 0 radical (unpaired) electrons. The summed E-state index contributed by atoms with van der Waals surface area (Å²) in [7, 11) is -3.61. The molecule has 18 heavy (non-hydrogen) atoms. The molecule has 2 rings (SSSR count). The first-order chi connectivity index (χ1) is 7.72. The van der Waals surface area contributed by atoms with E-state index < -0.39 is 33.9 Å². The third kappa shape index (κ3) is 2.74. The van der Waals surface area contributed by atoms with Crippen molar-refractivity contribution < 1.29 is 17.2 Å². The van der Waals surface area contributed by atoms with Crippen molar-refractivity contribution in [2.75, 3.05) is 0 Å². The molecule has 1 aliphatic rings. The molecule has 0 spiro atoms. The predicted molar refractivity (Wildman–Crippen MR) is 70.8 cm³/mol. The monoisotopic (exact) mass is 340 g/mol. The fourth-order valence-corrected chi connectivity index (χ4v) is 3.97. The molecule has 0 N–H and O–H groups in total. The zero-order valence-electron chi connectivity index (χ0n) is 9.08. The van der Waals surface area contributed by atoms with E-state index in [2.05, 4.69) is 15.9 Å². The number of alkyl halides is 2. The fraction of sp³-hybridized carbons (Fsp3) is 0.500. The number of aryl methyl sites for hydroxylation is 1. The summed E-state index contributed by atoms with van der Waals surface area (Å²) in [6.07, 6.45) is -1.13. The highest BCUT2D eigenvalue weighted by molar-refractivity contribution is 9.10. The molecular formula is C12H15BrF2O2S. The molecule has 0 aliphatic heterocycles. The van der Waals surface area contributed by atoms with Crippen LogP contribution in [0.3, 0.4) is 0 Å². The molecule has 1 fully saturated rings. The van der Waals surface area contributed by atoms with E-state index in [0.717, 1.165) is 10.0 Å². The Hall–Kier alpha value is -0.490. The van der Waals surface area contributed by atoms with Crippen molar-refractivity contribution in [1.29, 1.82) is 0 Å². The Kier molecular flexibility index (Phi) is 4.23. The Morgan fingerprint density at radius 1 is 1.33 bits per heavy atom. The lowest BCUT2D eigenvalue weighted by Gasteiger charge is -2.34. The Morgan fingerprint density at radius 2 is 1.89 bits per heavy atom. The molecule has 0 amide bonds. The first-order valence-electron chi connectivity index (χ1n) is 5.10. The molecule has 0 aromatic heterocycles. The van der Waals surface area contributed by atoms with Gasteiger partial charge in [-0.3, -0.25) is 0 Å². The summed E-state index contributed by atoms with van der Waals surface area (Å²) in [4.78, 5) is 0.124. The molecule has 1 saturated carbocycles. The molecule has 2 nitrogen and oxygen atoms in total. The van der Waals surface area contributed by atoms with E-state index in [0.29, 0.717) is 0 Å². The highest BCUT2D eigenvalue weighted by Crippen LogP contribution is 2.43. The molecule has 0 bridgehead atoms. The van der Waals surface area contributed by atoms with Gasteiger partial charge in [0.05, 0.1) is 10.1 Å². The van der Waals surface area contributed by atoms with Crippen LogP contribution in [0.25, 0.3) is 0 Å². The van der Waals surface area contributed by atoms with Gasteiger partial charge >= 0.3 is 0 Å². The van der Waals surface area contributed by atoms with Crippen LogP contribution in [0.15, 0.2) is 27.6 Å². The van der Waals surface area contributed by atoms with E-state index in [1.165, 1.54) is 12.1 Å². The van der Waals surface area contributed by atoms with Gasteiger partial charge in [-0.15, -0.1) is 0 Å². The minimum Gasteiger partial charge on any atom is -0.223 e. The van der Waals surface area contributed by atoms with E-state index in [9.17, 15) is 17.2 Å². The maximum Gasteiger partial charge on any atom is 0.250 e. The predicted octanol–water partition coefficient (Wildman–Crippen LogP) is 3.97. The summed E-state index contributed by atoms with van der Waals surface area (Å²) in [5.41, 5.74) is 0.775. The Morgan fingerprint density at radius 3 is 2.33 bits per heavy atom. The molecule has 0 heterocycles. The van der Waals surface area contributed by atoms with E-state index in [1.807, 2.05) is 0 Å². The van der Waals surface area contributed by atoms with Gasteiger partial charge in [0.15, 0.2) is 9.84 Å². The molecule has 0 unspecified atom stereocenters. The van der Waals surface area contributed by atoms with Crippen molar-refractivity contribution in [1.82, 2.24) is 0 Å². The summed E-state index contributed by atoms with van der Waals surface area (Å²) < 4.78 is 50.2. The van der Waals surface area contributed by atoms with Gasteiger partial charge < -0.3 is 0 Å². The zero-order chi connectivity index (χ0) is 12.8. The van der Waals surface area contributed by atoms with Gasteiger partial charge in [0.2, 0.25) is 0 Å². The third-order valence-corrected chi connectivity index (χ3v) is 5.96. The van der Waals surface area contributed by atoms with Crippen LogP contribution in [-0.4, -0.2) is 19.6 Å². The minimum absolute atomic E-state index is 0. The van der Waals surface area contributed by atoms with E-state index in [1.54, 1.807) is 13.0 Å². The van der Waals surface area contributed by atoms with Crippen molar-refractivity contribution in [3.8, 4) is 0 Å². The van der Waals surface area contributed by atoms with Crippen molar-refractivity contribution in [3.63, 3.8) is 0 Å². The minimum atomic E-state index is -3.61. The largest absolute Gasteiger partial charge is 0.250 e. The maximum atomic E-state index is 12.7. The first-order valence-corrected chi connectivity index (χ1v) is 7.44. The topological polar surface area (TPSA) is 34.1 Å². The Bertz CT molecular complexity index is 547.